The lowest BCUT2D eigenvalue weighted by atomic mass is 10.1. The van der Waals surface area contributed by atoms with Gasteiger partial charge >= 0.3 is 6.18 Å². The highest BCUT2D eigenvalue weighted by molar-refractivity contribution is 5.85. The van der Waals surface area contributed by atoms with Crippen LogP contribution >= 0.6 is 12.4 Å². The summed E-state index contributed by atoms with van der Waals surface area (Å²) in [4.78, 5) is 11.7. The van der Waals surface area contributed by atoms with Crippen LogP contribution in [0.15, 0.2) is 29.2 Å². The second kappa shape index (κ2) is 6.37. The molecule has 2 heterocycles. The Hall–Kier alpha value is -1.80. The molecule has 9 heteroatoms. The maximum absolute atomic E-state index is 13.0. The molecule has 128 valence electrons. The molecule has 0 aliphatic heterocycles. The molecule has 2 rings (SSSR count). The average Bonchev–Trinajstić information content (AvgIpc) is 2.79. The zero-order valence-corrected chi connectivity index (χ0v) is 13.2. The van der Waals surface area contributed by atoms with Crippen molar-refractivity contribution in [3.8, 4) is 11.3 Å². The summed E-state index contributed by atoms with van der Waals surface area (Å²) < 4.78 is 62.6. The fourth-order valence-corrected chi connectivity index (χ4v) is 1.93. The van der Waals surface area contributed by atoms with Crippen molar-refractivity contribution in [3.63, 3.8) is 0 Å². The van der Waals surface area contributed by atoms with Crippen LogP contribution in [0.4, 0.5) is 13.2 Å². The lowest BCUT2D eigenvalue weighted by Crippen LogP contribution is -2.37. The Morgan fingerprint density at radius 1 is 1.35 bits per heavy atom. The summed E-state index contributed by atoms with van der Waals surface area (Å²) >= 11 is 0. The van der Waals surface area contributed by atoms with Crippen LogP contribution in [0.5, 0.6) is 0 Å². The van der Waals surface area contributed by atoms with E-state index in [4.69, 9.17) is 9.85 Å². The molecule has 0 aliphatic rings. The number of nitrogens with zero attached hydrogens (tertiary/aromatic N) is 3. The zero-order valence-electron chi connectivity index (χ0n) is 15.4. The topological polar surface area (TPSA) is 65.8 Å². The van der Waals surface area contributed by atoms with Gasteiger partial charge in [-0.1, -0.05) is 0 Å². The van der Waals surface area contributed by atoms with Gasteiger partial charge in [-0.15, -0.1) is 12.4 Å². The van der Waals surface area contributed by atoms with Crippen molar-refractivity contribution in [3.05, 3.63) is 40.4 Å². The number of rotatable bonds is 3. The van der Waals surface area contributed by atoms with Crippen LogP contribution in [0.2, 0.25) is 0 Å². The third-order valence-electron chi connectivity index (χ3n) is 2.83. The van der Waals surface area contributed by atoms with Gasteiger partial charge in [0.15, 0.2) is 5.69 Å². The lowest BCUT2D eigenvalue weighted by Gasteiger charge is -2.20. The van der Waals surface area contributed by atoms with Gasteiger partial charge in [-0.2, -0.15) is 18.3 Å². The quantitative estimate of drug-likeness (QED) is 0.921. The van der Waals surface area contributed by atoms with Crippen molar-refractivity contribution >= 4 is 12.4 Å². The van der Waals surface area contributed by atoms with Crippen molar-refractivity contribution in [2.45, 2.75) is 32.1 Å². The number of alkyl halides is 3. The number of hydrogen-bond donors (Lipinski definition) is 1. The lowest BCUT2D eigenvalue weighted by molar-refractivity contribution is -0.141. The molecule has 2 aromatic rings. The van der Waals surface area contributed by atoms with E-state index in [1.54, 1.807) is 13.8 Å². The number of nitrogens with two attached hydrogens (primary N) is 1. The predicted molar refractivity (Wildman–Crippen MR) is 83.4 cm³/mol. The molecule has 0 spiro atoms. The van der Waals surface area contributed by atoms with Gasteiger partial charge in [0.1, 0.15) is 0 Å². The van der Waals surface area contributed by atoms with Crippen LogP contribution in [0.1, 0.15) is 23.7 Å². The van der Waals surface area contributed by atoms with Gasteiger partial charge in [0, 0.05) is 34.5 Å². The Labute approximate surface area is 141 Å². The Morgan fingerprint density at radius 3 is 2.52 bits per heavy atom. The summed E-state index contributed by atoms with van der Waals surface area (Å²) in [7, 11) is 0. The first kappa shape index (κ1) is 14.8. The summed E-state index contributed by atoms with van der Waals surface area (Å²) in [5, 5.41) is 3.54. The highest BCUT2D eigenvalue weighted by Crippen LogP contribution is 2.32. The summed E-state index contributed by atoms with van der Waals surface area (Å²) in [5.74, 6) is 0. The summed E-state index contributed by atoms with van der Waals surface area (Å²) in [5.41, 5.74) is 3.23. The molecule has 0 atom stereocenters. The van der Waals surface area contributed by atoms with Crippen LogP contribution in [-0.2, 0) is 19.7 Å². The minimum atomic E-state index is -4.67. The van der Waals surface area contributed by atoms with E-state index in [0.717, 1.165) is 23.0 Å². The molecule has 0 unspecified atom stereocenters. The normalized spacial score (nSPS) is 14.6. The molecule has 5 nitrogen and oxygen atoms in total. The monoisotopic (exact) mass is 353 g/mol. The van der Waals surface area contributed by atoms with Gasteiger partial charge in [-0.3, -0.25) is 9.48 Å². The first-order chi connectivity index (χ1) is 11.2. The molecule has 0 bridgehead atoms. The maximum Gasteiger partial charge on any atom is 0.435 e. The van der Waals surface area contributed by atoms with E-state index in [2.05, 4.69) is 5.10 Å². The van der Waals surface area contributed by atoms with Crippen molar-refractivity contribution in [1.82, 2.24) is 14.3 Å². The summed E-state index contributed by atoms with van der Waals surface area (Å²) in [6.45, 7) is 0.452. The molecule has 2 N–H and O–H groups in total. The second-order valence-corrected chi connectivity index (χ2v) is 5.68. The van der Waals surface area contributed by atoms with Crippen LogP contribution in [0, 0.1) is 0 Å². The van der Waals surface area contributed by atoms with Crippen LogP contribution in [0.3, 0.4) is 0 Å². The largest absolute Gasteiger partial charge is 0.435 e. The van der Waals surface area contributed by atoms with E-state index < -0.39 is 29.9 Å². The maximum atomic E-state index is 13.0. The Bertz CT molecular complexity index is 838. The van der Waals surface area contributed by atoms with Crippen molar-refractivity contribution < 1.29 is 17.3 Å². The Morgan fingerprint density at radius 2 is 2.00 bits per heavy atom. The van der Waals surface area contributed by atoms with E-state index in [1.165, 1.54) is 6.07 Å². The molecule has 0 saturated carbocycles. The number of aromatic nitrogens is 3. The fourth-order valence-electron chi connectivity index (χ4n) is 1.93. The molecule has 0 fully saturated rings. The van der Waals surface area contributed by atoms with Gasteiger partial charge in [0.25, 0.3) is 0 Å². The van der Waals surface area contributed by atoms with Crippen LogP contribution < -0.4 is 11.3 Å². The van der Waals surface area contributed by atoms with Gasteiger partial charge in [-0.05, 0) is 26.0 Å². The summed E-state index contributed by atoms with van der Waals surface area (Å²) in [6.07, 6.45) is -3.68. The first-order valence-electron chi connectivity index (χ1n) is 7.86. The molecule has 2 aromatic heterocycles. The molecule has 0 radical (unpaired) electrons. The average molecular weight is 354 g/mol. The summed E-state index contributed by atoms with van der Waals surface area (Å²) in [6, 6.07) is 3.04. The van der Waals surface area contributed by atoms with Crippen LogP contribution in [0.25, 0.3) is 11.3 Å². The van der Waals surface area contributed by atoms with Gasteiger partial charge in [-0.25, -0.2) is 0 Å². The van der Waals surface area contributed by atoms with Gasteiger partial charge in [0.05, 0.1) is 12.2 Å². The molecule has 0 aliphatic carbocycles. The highest BCUT2D eigenvalue weighted by atomic mass is 35.5. The van der Waals surface area contributed by atoms with Gasteiger partial charge < -0.3 is 10.3 Å². The zero-order chi connectivity index (χ0) is 19.2. The Kier molecular flexibility index (Phi) is 4.09. The molecule has 23 heavy (non-hydrogen) atoms. The smallest absolute Gasteiger partial charge is 0.324 e. The third kappa shape index (κ3) is 4.59. The van der Waals surface area contributed by atoms with Crippen LogP contribution in [-0.4, -0.2) is 19.9 Å². The second-order valence-electron chi connectivity index (χ2n) is 5.68. The minimum absolute atomic E-state index is 0. The van der Waals surface area contributed by atoms with Crippen molar-refractivity contribution in [2.24, 2.45) is 12.7 Å². The molecule has 0 amide bonds. The van der Waals surface area contributed by atoms with Crippen molar-refractivity contribution in [1.29, 1.82) is 0 Å². The van der Waals surface area contributed by atoms with E-state index in [1.807, 2.05) is 0 Å². The minimum Gasteiger partial charge on any atom is -0.324 e. The Balaban J connectivity index is 0.00000338. The standard InChI is InChI=1S/C14H17F3N4O.ClH/c1-13(2,18)8-21-10(6-11(19-21)14(15,16)17)9-4-5-12(22)20(3)7-9;/h4-7H,8,18H2,1-3H3;1H/i3D3;. The highest BCUT2D eigenvalue weighted by Gasteiger charge is 2.35. The van der Waals surface area contributed by atoms with E-state index >= 15 is 0 Å². The molecule has 0 aromatic carbocycles. The first-order valence-corrected chi connectivity index (χ1v) is 6.36. The van der Waals surface area contributed by atoms with E-state index in [9.17, 15) is 18.0 Å². The molecular formula is C14H18ClF3N4O. The number of aryl methyl sites for hydroxylation is 1. The van der Waals surface area contributed by atoms with Crippen molar-refractivity contribution in [2.75, 3.05) is 0 Å². The number of halogens is 4. The number of hydrogen-bond acceptors (Lipinski definition) is 3. The predicted octanol–water partition coefficient (Wildman–Crippen LogP) is 2.43. The fraction of sp³-hybridized carbons (Fsp3) is 0.429. The van der Waals surface area contributed by atoms with E-state index in [-0.39, 0.29) is 30.2 Å². The van der Waals surface area contributed by atoms with E-state index in [0.29, 0.717) is 4.57 Å². The molecular weight excluding hydrogens is 333 g/mol. The SMILES string of the molecule is Cl.[2H]C([2H])([2H])n1cc(-c2cc(C(F)(F)F)nn2CC(C)(C)N)ccc1=O. The molecule has 0 saturated heterocycles. The van der Waals surface area contributed by atoms with Gasteiger partial charge in [0.2, 0.25) is 5.56 Å². The number of pyridine rings is 1. The third-order valence-corrected chi connectivity index (χ3v) is 2.83.